The fourth-order valence-electron chi connectivity index (χ4n) is 4.96. The fourth-order valence-corrected chi connectivity index (χ4v) is 4.96. The second-order valence-corrected chi connectivity index (χ2v) is 8.56. The van der Waals surface area contributed by atoms with Gasteiger partial charge in [-0.2, -0.15) is 0 Å². The standard InChI is InChI=1S/C22H28N6O2/c1-15-13-28-18-19(24(2)22(30)25(3)20(18)29)23-21(28)27(15)11-6-10-26-12-9-16-7-4-5-8-17(16)14-26/h4-5,7-8,13,18-19H,6,9-12,14H2,1-3H3. The summed E-state index contributed by atoms with van der Waals surface area (Å²) in [6.45, 7) is 6.03. The smallest absolute Gasteiger partial charge is 0.315 e. The minimum atomic E-state index is -0.466. The molecule has 0 saturated carbocycles. The third kappa shape index (κ3) is 2.89. The van der Waals surface area contributed by atoms with Gasteiger partial charge in [0.25, 0.3) is 5.91 Å². The van der Waals surface area contributed by atoms with E-state index in [1.165, 1.54) is 23.1 Å². The molecular formula is C22H28N6O2. The summed E-state index contributed by atoms with van der Waals surface area (Å²) in [5.41, 5.74) is 4.00. The highest BCUT2D eigenvalue weighted by Crippen LogP contribution is 2.33. The SMILES string of the molecule is CC1=CN2C(=NC3C2C(=O)N(C)C(=O)N3C)N1CCCN1CCc2ccccc2C1. The fraction of sp³-hybridized carbons (Fsp3) is 0.500. The Morgan fingerprint density at radius 3 is 2.67 bits per heavy atom. The van der Waals surface area contributed by atoms with E-state index >= 15 is 0 Å². The lowest BCUT2D eigenvalue weighted by Gasteiger charge is -2.38. The van der Waals surface area contributed by atoms with E-state index in [0.717, 1.165) is 50.7 Å². The zero-order valence-corrected chi connectivity index (χ0v) is 17.8. The molecule has 0 aromatic heterocycles. The molecular weight excluding hydrogens is 380 g/mol. The van der Waals surface area contributed by atoms with Crippen LogP contribution in [0.15, 0.2) is 41.2 Å². The lowest BCUT2D eigenvalue weighted by atomic mass is 10.00. The minimum absolute atomic E-state index is 0.195. The molecule has 0 spiro atoms. The number of nitrogens with zero attached hydrogens (tertiary/aromatic N) is 6. The molecule has 8 heteroatoms. The minimum Gasteiger partial charge on any atom is -0.315 e. The van der Waals surface area contributed by atoms with Crippen LogP contribution < -0.4 is 0 Å². The molecule has 3 amide bonds. The van der Waals surface area contributed by atoms with Crippen LogP contribution in [0.4, 0.5) is 4.79 Å². The first-order valence-electron chi connectivity index (χ1n) is 10.6. The van der Waals surface area contributed by atoms with Gasteiger partial charge in [-0.15, -0.1) is 0 Å². The largest absolute Gasteiger partial charge is 0.328 e. The summed E-state index contributed by atoms with van der Waals surface area (Å²) in [4.78, 5) is 39.2. The number of urea groups is 1. The van der Waals surface area contributed by atoms with Gasteiger partial charge in [-0.05, 0) is 30.9 Å². The molecule has 0 N–H and O–H groups in total. The molecule has 2 unspecified atom stereocenters. The van der Waals surface area contributed by atoms with Crippen molar-refractivity contribution in [3.05, 3.63) is 47.3 Å². The van der Waals surface area contributed by atoms with Crippen LogP contribution in [0.2, 0.25) is 0 Å². The van der Waals surface area contributed by atoms with E-state index in [-0.39, 0.29) is 11.9 Å². The molecule has 1 saturated heterocycles. The number of amides is 3. The lowest BCUT2D eigenvalue weighted by Crippen LogP contribution is -2.63. The van der Waals surface area contributed by atoms with Crippen LogP contribution in [0.5, 0.6) is 0 Å². The van der Waals surface area contributed by atoms with Gasteiger partial charge in [-0.25, -0.2) is 9.79 Å². The van der Waals surface area contributed by atoms with Crippen LogP contribution in [0, 0.1) is 0 Å². The maximum Gasteiger partial charge on any atom is 0.328 e. The number of rotatable bonds is 4. The molecule has 0 radical (unpaired) electrons. The van der Waals surface area contributed by atoms with Gasteiger partial charge in [-0.3, -0.25) is 14.6 Å². The summed E-state index contributed by atoms with van der Waals surface area (Å²) in [5.74, 6) is 0.592. The van der Waals surface area contributed by atoms with E-state index < -0.39 is 12.2 Å². The van der Waals surface area contributed by atoms with Gasteiger partial charge < -0.3 is 14.7 Å². The van der Waals surface area contributed by atoms with Crippen molar-refractivity contribution in [3.8, 4) is 0 Å². The summed E-state index contributed by atoms with van der Waals surface area (Å²) in [5, 5.41) is 0. The van der Waals surface area contributed by atoms with Crippen LogP contribution in [0.25, 0.3) is 0 Å². The van der Waals surface area contributed by atoms with Gasteiger partial charge in [-0.1, -0.05) is 24.3 Å². The molecule has 1 aromatic carbocycles. The monoisotopic (exact) mass is 408 g/mol. The molecule has 2 atom stereocenters. The number of benzene rings is 1. The number of fused-ring (bicyclic) bond motifs is 4. The van der Waals surface area contributed by atoms with E-state index in [4.69, 9.17) is 4.99 Å². The van der Waals surface area contributed by atoms with E-state index in [1.54, 1.807) is 11.9 Å². The van der Waals surface area contributed by atoms with Gasteiger partial charge >= 0.3 is 6.03 Å². The quantitative estimate of drug-likeness (QED) is 0.756. The number of carbonyl (C=O) groups is 2. The van der Waals surface area contributed by atoms with Crippen molar-refractivity contribution in [1.29, 1.82) is 0 Å². The van der Waals surface area contributed by atoms with Crippen LogP contribution in [0.3, 0.4) is 0 Å². The molecule has 5 rings (SSSR count). The van der Waals surface area contributed by atoms with Crippen molar-refractivity contribution in [1.82, 2.24) is 24.5 Å². The normalized spacial score (nSPS) is 26.0. The second-order valence-electron chi connectivity index (χ2n) is 8.56. The van der Waals surface area contributed by atoms with Crippen LogP contribution in [-0.4, -0.2) is 88.3 Å². The Hall–Kier alpha value is -2.87. The summed E-state index contributed by atoms with van der Waals surface area (Å²) in [7, 11) is 3.25. The molecule has 4 heterocycles. The summed E-state index contributed by atoms with van der Waals surface area (Å²) >= 11 is 0. The number of hydrogen-bond donors (Lipinski definition) is 0. The highest BCUT2D eigenvalue weighted by Gasteiger charge is 2.53. The van der Waals surface area contributed by atoms with E-state index in [2.05, 4.69) is 41.0 Å². The number of hydrogen-bond acceptors (Lipinski definition) is 6. The van der Waals surface area contributed by atoms with E-state index in [1.807, 2.05) is 11.1 Å². The Morgan fingerprint density at radius 1 is 1.10 bits per heavy atom. The van der Waals surface area contributed by atoms with Gasteiger partial charge in [0.2, 0.25) is 5.96 Å². The maximum atomic E-state index is 12.7. The molecule has 4 aliphatic rings. The Bertz CT molecular complexity index is 957. The van der Waals surface area contributed by atoms with Gasteiger partial charge in [0.05, 0.1) is 0 Å². The molecule has 1 aromatic rings. The van der Waals surface area contributed by atoms with Crippen molar-refractivity contribution in [2.45, 2.75) is 38.5 Å². The van der Waals surface area contributed by atoms with E-state index in [0.29, 0.717) is 0 Å². The number of aliphatic imine (C=N–C) groups is 1. The predicted octanol–water partition coefficient (Wildman–Crippen LogP) is 1.50. The Kier molecular flexibility index (Phi) is 4.54. The third-order valence-corrected chi connectivity index (χ3v) is 6.69. The van der Waals surface area contributed by atoms with Gasteiger partial charge in [0, 0.05) is 52.2 Å². The Morgan fingerprint density at radius 2 is 1.87 bits per heavy atom. The molecule has 4 aliphatic heterocycles. The van der Waals surface area contributed by atoms with Crippen LogP contribution >= 0.6 is 0 Å². The molecule has 0 aliphatic carbocycles. The summed E-state index contributed by atoms with van der Waals surface area (Å²) in [6, 6.07) is 7.94. The topological polar surface area (TPSA) is 62.7 Å². The van der Waals surface area contributed by atoms with E-state index in [9.17, 15) is 9.59 Å². The van der Waals surface area contributed by atoms with Gasteiger partial charge in [0.1, 0.15) is 0 Å². The van der Waals surface area contributed by atoms with Crippen molar-refractivity contribution in [2.75, 3.05) is 33.7 Å². The predicted molar refractivity (Wildman–Crippen MR) is 113 cm³/mol. The van der Waals surface area contributed by atoms with Gasteiger partial charge in [0.15, 0.2) is 12.2 Å². The number of guanidine groups is 1. The first-order chi connectivity index (χ1) is 14.5. The molecule has 8 nitrogen and oxygen atoms in total. The number of allylic oxidation sites excluding steroid dienone is 1. The summed E-state index contributed by atoms with van der Waals surface area (Å²) in [6.07, 6.45) is 3.66. The number of carbonyl (C=O) groups excluding carboxylic acids is 2. The summed E-state index contributed by atoms with van der Waals surface area (Å²) < 4.78 is 0. The lowest BCUT2D eigenvalue weighted by molar-refractivity contribution is -0.135. The Balaban J connectivity index is 1.24. The van der Waals surface area contributed by atoms with Crippen molar-refractivity contribution in [2.24, 2.45) is 4.99 Å². The first kappa shape index (κ1) is 19.1. The highest BCUT2D eigenvalue weighted by atomic mass is 16.2. The maximum absolute atomic E-state index is 12.7. The first-order valence-corrected chi connectivity index (χ1v) is 10.6. The Labute approximate surface area is 177 Å². The molecule has 158 valence electrons. The molecule has 30 heavy (non-hydrogen) atoms. The zero-order valence-electron chi connectivity index (χ0n) is 17.8. The highest BCUT2D eigenvalue weighted by molar-refractivity contribution is 6.04. The average Bonchev–Trinajstić information content (AvgIpc) is 3.26. The molecule has 1 fully saturated rings. The number of likely N-dealkylation sites (N-methyl/N-ethyl adjacent to an activating group) is 2. The van der Waals surface area contributed by atoms with Crippen LogP contribution in [-0.2, 0) is 17.8 Å². The van der Waals surface area contributed by atoms with Crippen molar-refractivity contribution < 1.29 is 9.59 Å². The molecule has 0 bridgehead atoms. The zero-order chi connectivity index (χ0) is 21.0. The van der Waals surface area contributed by atoms with Crippen molar-refractivity contribution in [3.63, 3.8) is 0 Å². The number of imide groups is 1. The second kappa shape index (κ2) is 7.12. The van der Waals surface area contributed by atoms with Crippen molar-refractivity contribution >= 4 is 17.9 Å². The van der Waals surface area contributed by atoms with Crippen LogP contribution in [0.1, 0.15) is 24.5 Å². The average molecular weight is 409 g/mol. The third-order valence-electron chi connectivity index (χ3n) is 6.69.